The third-order valence-corrected chi connectivity index (χ3v) is 14.6. The highest BCUT2D eigenvalue weighted by atomic mass is 28.5. The van der Waals surface area contributed by atoms with Gasteiger partial charge in [-0.2, -0.15) is 0 Å². The summed E-state index contributed by atoms with van der Waals surface area (Å²) in [6.45, 7) is 20.2. The molecule has 0 saturated heterocycles. The van der Waals surface area contributed by atoms with Crippen LogP contribution in [0.1, 0.15) is 6.42 Å². The number of rotatable bonds is 12. The van der Waals surface area contributed by atoms with E-state index in [2.05, 4.69) is 57.7 Å². The Labute approximate surface area is 142 Å². The Bertz CT molecular complexity index is 311. The molecule has 5 nitrogen and oxygen atoms in total. The van der Waals surface area contributed by atoms with Gasteiger partial charge in [-0.1, -0.05) is 0 Å². The molecule has 0 aromatic heterocycles. The first kappa shape index (κ1) is 22.7. The van der Waals surface area contributed by atoms with E-state index in [1.807, 2.05) is 0 Å². The quantitative estimate of drug-likeness (QED) is 0.402. The van der Waals surface area contributed by atoms with E-state index in [-0.39, 0.29) is 0 Å². The van der Waals surface area contributed by atoms with Crippen molar-refractivity contribution in [3.05, 3.63) is 0 Å². The lowest BCUT2D eigenvalue weighted by Gasteiger charge is -2.36. The molecule has 0 heterocycles. The van der Waals surface area contributed by atoms with Crippen molar-refractivity contribution < 1.29 is 12.3 Å². The Kier molecular flexibility index (Phi) is 10.1. The topological polar surface area (TPSA) is 65.7 Å². The average molecular weight is 382 g/mol. The summed E-state index contributed by atoms with van der Waals surface area (Å²) in [5, 5.41) is 3.34. The van der Waals surface area contributed by atoms with Crippen LogP contribution < -0.4 is 11.1 Å². The molecule has 0 aromatic carbocycles. The van der Waals surface area contributed by atoms with Gasteiger partial charge in [0.05, 0.1) is 0 Å². The number of nitrogens with two attached hydrogens (primary N) is 1. The Morgan fingerprint density at radius 1 is 0.909 bits per heavy atom. The van der Waals surface area contributed by atoms with E-state index < -0.39 is 34.5 Å². The smallest absolute Gasteiger partial charge is 0.360 e. The molecule has 0 rings (SSSR count). The van der Waals surface area contributed by atoms with Crippen molar-refractivity contribution >= 4 is 34.5 Å². The standard InChI is InChI=1S/C13H37N2O3Si4/c1-19(16-20(2,3)4)17-22(8,18-21(5,6)7)13-9-11-15-12-10-14/h15H,9-14H2,1-8H3. The minimum atomic E-state index is -2.17. The Morgan fingerprint density at radius 2 is 1.50 bits per heavy atom. The Morgan fingerprint density at radius 3 is 1.95 bits per heavy atom. The summed E-state index contributed by atoms with van der Waals surface area (Å²) < 4.78 is 19.0. The average Bonchev–Trinajstić information content (AvgIpc) is 2.22. The first-order valence-corrected chi connectivity index (χ1v) is 19.4. The molecule has 3 N–H and O–H groups in total. The fourth-order valence-corrected chi connectivity index (χ4v) is 16.1. The maximum atomic E-state index is 6.48. The molecule has 22 heavy (non-hydrogen) atoms. The van der Waals surface area contributed by atoms with Gasteiger partial charge in [0, 0.05) is 13.1 Å². The van der Waals surface area contributed by atoms with E-state index in [4.69, 9.17) is 18.1 Å². The molecule has 0 spiro atoms. The van der Waals surface area contributed by atoms with Gasteiger partial charge in [0.1, 0.15) is 0 Å². The lowest BCUT2D eigenvalue weighted by molar-refractivity contribution is 0.342. The molecule has 0 amide bonds. The molecule has 133 valence electrons. The highest BCUT2D eigenvalue weighted by Gasteiger charge is 2.39. The summed E-state index contributed by atoms with van der Waals surface area (Å²) in [4.78, 5) is 0. The summed E-state index contributed by atoms with van der Waals surface area (Å²) in [5.41, 5.74) is 5.50. The van der Waals surface area contributed by atoms with Gasteiger partial charge >= 0.3 is 17.8 Å². The van der Waals surface area contributed by atoms with Crippen LogP contribution >= 0.6 is 0 Å². The van der Waals surface area contributed by atoms with Crippen LogP contribution in [0.25, 0.3) is 0 Å². The van der Waals surface area contributed by atoms with E-state index in [0.29, 0.717) is 6.54 Å². The van der Waals surface area contributed by atoms with Gasteiger partial charge in [-0.25, -0.2) is 0 Å². The van der Waals surface area contributed by atoms with Gasteiger partial charge in [0.2, 0.25) is 0 Å². The first-order chi connectivity index (χ1) is 9.87. The second-order valence-electron chi connectivity index (χ2n) is 7.80. The molecule has 0 fully saturated rings. The number of hydrogen-bond acceptors (Lipinski definition) is 5. The Balaban J connectivity index is 4.58. The third kappa shape index (κ3) is 13.1. The fraction of sp³-hybridized carbons (Fsp3) is 1.00. The van der Waals surface area contributed by atoms with Gasteiger partial charge in [0.15, 0.2) is 16.6 Å². The molecule has 1 unspecified atom stereocenters. The third-order valence-electron chi connectivity index (χ3n) is 2.64. The molecular formula is C13H37N2O3Si4. The van der Waals surface area contributed by atoms with Gasteiger partial charge in [0.25, 0.3) is 0 Å². The van der Waals surface area contributed by atoms with Crippen LogP contribution in [0.5, 0.6) is 0 Å². The maximum Gasteiger partial charge on any atom is 0.360 e. The van der Waals surface area contributed by atoms with Crippen LogP contribution in [0.2, 0.25) is 58.4 Å². The molecule has 0 aliphatic rings. The van der Waals surface area contributed by atoms with E-state index in [1.54, 1.807) is 0 Å². The van der Waals surface area contributed by atoms with Crippen molar-refractivity contribution in [3.63, 3.8) is 0 Å². The SMILES string of the molecule is C[Si](O[Si](C)(C)C)O[Si](C)(CCCNCCN)O[Si](C)(C)C. The van der Waals surface area contributed by atoms with Crippen LogP contribution in [0.15, 0.2) is 0 Å². The number of hydrogen-bond donors (Lipinski definition) is 2. The Hall–Kier alpha value is 0.668. The summed E-state index contributed by atoms with van der Waals surface area (Å²) in [6.07, 6.45) is 1.06. The molecule has 0 aliphatic heterocycles. The van der Waals surface area contributed by atoms with Crippen molar-refractivity contribution in [1.82, 2.24) is 5.32 Å². The predicted octanol–water partition coefficient (Wildman–Crippen LogP) is 2.83. The molecule has 1 radical (unpaired) electrons. The summed E-state index contributed by atoms with van der Waals surface area (Å²) in [7, 11) is -6.60. The summed E-state index contributed by atoms with van der Waals surface area (Å²) in [5.74, 6) is 0. The number of nitrogens with one attached hydrogen (secondary N) is 1. The minimum absolute atomic E-state index is 0.683. The van der Waals surface area contributed by atoms with Crippen LogP contribution in [-0.4, -0.2) is 54.1 Å². The van der Waals surface area contributed by atoms with E-state index in [9.17, 15) is 0 Å². The lowest BCUT2D eigenvalue weighted by Crippen LogP contribution is -2.52. The van der Waals surface area contributed by atoms with Gasteiger partial charge in [-0.05, 0) is 71.4 Å². The van der Waals surface area contributed by atoms with Crippen molar-refractivity contribution in [3.8, 4) is 0 Å². The molecular weight excluding hydrogens is 344 g/mol. The van der Waals surface area contributed by atoms with E-state index in [0.717, 1.165) is 25.6 Å². The summed E-state index contributed by atoms with van der Waals surface area (Å²) >= 11 is 0. The zero-order valence-corrected chi connectivity index (χ0v) is 19.8. The zero-order chi connectivity index (χ0) is 17.4. The fourth-order valence-electron chi connectivity index (χ4n) is 2.29. The zero-order valence-electron chi connectivity index (χ0n) is 15.8. The normalized spacial score (nSPS) is 16.1. The van der Waals surface area contributed by atoms with Gasteiger partial charge < -0.3 is 23.4 Å². The lowest BCUT2D eigenvalue weighted by atomic mass is 10.5. The summed E-state index contributed by atoms with van der Waals surface area (Å²) in [6, 6.07) is 1.01. The van der Waals surface area contributed by atoms with Crippen LogP contribution in [0, 0.1) is 0 Å². The molecule has 0 aliphatic carbocycles. The predicted molar refractivity (Wildman–Crippen MR) is 105 cm³/mol. The van der Waals surface area contributed by atoms with Crippen LogP contribution in [0.4, 0.5) is 0 Å². The molecule has 9 heteroatoms. The second-order valence-corrected chi connectivity index (χ2v) is 22.4. The van der Waals surface area contributed by atoms with Crippen LogP contribution in [0.3, 0.4) is 0 Å². The maximum absolute atomic E-state index is 6.48. The first-order valence-electron chi connectivity index (χ1n) is 8.19. The van der Waals surface area contributed by atoms with Crippen molar-refractivity contribution in [2.45, 2.75) is 64.8 Å². The molecule has 0 bridgehead atoms. The molecule has 0 aromatic rings. The largest absolute Gasteiger partial charge is 0.437 e. The minimum Gasteiger partial charge on any atom is -0.437 e. The molecule has 0 saturated carbocycles. The van der Waals surface area contributed by atoms with Gasteiger partial charge in [-0.3, -0.25) is 0 Å². The monoisotopic (exact) mass is 381 g/mol. The van der Waals surface area contributed by atoms with Crippen molar-refractivity contribution in [2.24, 2.45) is 5.73 Å². The van der Waals surface area contributed by atoms with Crippen molar-refractivity contribution in [2.75, 3.05) is 19.6 Å². The second kappa shape index (κ2) is 9.84. The van der Waals surface area contributed by atoms with Crippen LogP contribution in [-0.2, 0) is 12.3 Å². The van der Waals surface area contributed by atoms with Crippen molar-refractivity contribution in [1.29, 1.82) is 0 Å². The highest BCUT2D eigenvalue weighted by molar-refractivity contribution is 6.85. The molecule has 1 atom stereocenters. The van der Waals surface area contributed by atoms with E-state index >= 15 is 0 Å². The highest BCUT2D eigenvalue weighted by Crippen LogP contribution is 2.23. The van der Waals surface area contributed by atoms with Gasteiger partial charge in [-0.15, -0.1) is 0 Å². The van der Waals surface area contributed by atoms with E-state index in [1.165, 1.54) is 0 Å².